The Morgan fingerprint density at radius 3 is 1.89 bits per heavy atom. The van der Waals surface area contributed by atoms with Crippen molar-refractivity contribution in [1.29, 1.82) is 0 Å². The van der Waals surface area contributed by atoms with Crippen LogP contribution in [0.15, 0.2) is 0 Å². The maximum Gasteiger partial charge on any atom is 0.0593 e. The van der Waals surface area contributed by atoms with E-state index in [0.29, 0.717) is 0 Å². The van der Waals surface area contributed by atoms with E-state index in [1.807, 2.05) is 23.5 Å². The lowest BCUT2D eigenvalue weighted by molar-refractivity contribution is 0.150. The molecule has 0 saturated carbocycles. The molecule has 2 saturated heterocycles. The molecule has 2 rings (SSSR count). The lowest BCUT2D eigenvalue weighted by Gasteiger charge is -1.96. The van der Waals surface area contributed by atoms with Crippen molar-refractivity contribution in [3.8, 4) is 0 Å². The van der Waals surface area contributed by atoms with Gasteiger partial charge in [-0.1, -0.05) is 0 Å². The molecule has 2 heterocycles. The summed E-state index contributed by atoms with van der Waals surface area (Å²) in [5.41, 5.74) is 0. The number of thioether (sulfide) groups is 2. The minimum atomic E-state index is 0.855. The van der Waals surface area contributed by atoms with E-state index in [-0.39, 0.29) is 0 Å². The third kappa shape index (κ3) is 2.40. The highest BCUT2D eigenvalue weighted by atomic mass is 32.2. The lowest BCUT2D eigenvalue weighted by Crippen LogP contribution is -2.05. The van der Waals surface area contributed by atoms with Crippen molar-refractivity contribution in [3.05, 3.63) is 0 Å². The maximum absolute atomic E-state index is 5.44. The first kappa shape index (κ1) is 6.38. The Hall–Kier alpha value is 0.660. The molecule has 2 aliphatic rings. The smallest absolute Gasteiger partial charge is 0.0593 e. The van der Waals surface area contributed by atoms with Crippen molar-refractivity contribution >= 4 is 23.5 Å². The highest BCUT2D eigenvalue weighted by molar-refractivity contribution is 8.07. The Labute approximate surface area is 63.9 Å². The van der Waals surface area contributed by atoms with E-state index in [0.717, 1.165) is 23.7 Å². The summed E-state index contributed by atoms with van der Waals surface area (Å²) in [5, 5.41) is 1.71. The minimum Gasteiger partial charge on any atom is -0.379 e. The third-order valence-electron chi connectivity index (χ3n) is 1.41. The van der Waals surface area contributed by atoms with E-state index in [2.05, 4.69) is 0 Å². The van der Waals surface area contributed by atoms with Crippen LogP contribution in [0.4, 0.5) is 0 Å². The van der Waals surface area contributed by atoms with Crippen molar-refractivity contribution in [3.63, 3.8) is 0 Å². The molecule has 2 unspecified atom stereocenters. The quantitative estimate of drug-likeness (QED) is 0.575. The topological polar surface area (TPSA) is 9.23 Å². The first-order valence-corrected chi connectivity index (χ1v) is 5.36. The van der Waals surface area contributed by atoms with Gasteiger partial charge in [-0.25, -0.2) is 0 Å². The molecular weight excluding hydrogens is 152 g/mol. The van der Waals surface area contributed by atoms with Crippen LogP contribution in [0.5, 0.6) is 0 Å². The van der Waals surface area contributed by atoms with E-state index in [1.165, 1.54) is 11.5 Å². The molecule has 0 bridgehead atoms. The van der Waals surface area contributed by atoms with Crippen LogP contribution in [0.1, 0.15) is 0 Å². The van der Waals surface area contributed by atoms with Crippen molar-refractivity contribution < 1.29 is 4.74 Å². The van der Waals surface area contributed by atoms with E-state index in [9.17, 15) is 0 Å². The zero-order valence-corrected chi connectivity index (χ0v) is 6.84. The van der Waals surface area contributed by atoms with Crippen molar-refractivity contribution in [2.24, 2.45) is 0 Å². The second-order valence-electron chi connectivity index (χ2n) is 2.45. The van der Waals surface area contributed by atoms with E-state index in [1.54, 1.807) is 0 Å². The molecule has 2 aliphatic heterocycles. The summed E-state index contributed by atoms with van der Waals surface area (Å²) < 4.78 is 5.44. The summed E-state index contributed by atoms with van der Waals surface area (Å²) in [7, 11) is 0. The summed E-state index contributed by atoms with van der Waals surface area (Å²) in [6, 6.07) is 0. The highest BCUT2D eigenvalue weighted by Crippen LogP contribution is 2.32. The van der Waals surface area contributed by atoms with Gasteiger partial charge in [0.1, 0.15) is 0 Å². The van der Waals surface area contributed by atoms with E-state index >= 15 is 0 Å². The molecular formula is C6H10OS2. The first-order valence-electron chi connectivity index (χ1n) is 3.26. The first-order chi connectivity index (χ1) is 4.45. The second kappa shape index (κ2) is 2.72. The summed E-state index contributed by atoms with van der Waals surface area (Å²) in [4.78, 5) is 0. The molecule has 52 valence electrons. The zero-order valence-electron chi connectivity index (χ0n) is 5.21. The normalized spacial score (nSPS) is 38.7. The molecule has 0 aromatic carbocycles. The lowest BCUT2D eigenvalue weighted by atomic mass is 10.5. The van der Waals surface area contributed by atoms with Crippen molar-refractivity contribution in [2.45, 2.75) is 10.5 Å². The zero-order chi connectivity index (χ0) is 6.10. The number of ether oxygens (including phenoxy) is 1. The number of hydrogen-bond donors (Lipinski definition) is 0. The summed E-state index contributed by atoms with van der Waals surface area (Å²) in [6.07, 6.45) is 0. The number of rotatable bonds is 4. The molecule has 0 spiro atoms. The molecule has 9 heavy (non-hydrogen) atoms. The van der Waals surface area contributed by atoms with E-state index < -0.39 is 0 Å². The van der Waals surface area contributed by atoms with Gasteiger partial charge >= 0.3 is 0 Å². The fourth-order valence-corrected chi connectivity index (χ4v) is 1.51. The largest absolute Gasteiger partial charge is 0.379 e. The van der Waals surface area contributed by atoms with Crippen LogP contribution in [-0.4, -0.2) is 35.2 Å². The van der Waals surface area contributed by atoms with Crippen LogP contribution in [0.3, 0.4) is 0 Å². The van der Waals surface area contributed by atoms with Gasteiger partial charge in [-0.05, 0) is 0 Å². The van der Waals surface area contributed by atoms with Crippen molar-refractivity contribution in [2.75, 3.05) is 24.7 Å². The molecule has 0 aromatic rings. The fourth-order valence-electron chi connectivity index (χ4n) is 0.659. The standard InChI is InChI=1S/C6H10OS2/c1(5-3-8-5)7-2-6-4-9-6/h5-6H,1-4H2. The van der Waals surface area contributed by atoms with Gasteiger partial charge in [0.15, 0.2) is 0 Å². The molecule has 0 amide bonds. The Balaban J connectivity index is 1.46. The fraction of sp³-hybridized carbons (Fsp3) is 1.00. The molecule has 2 atom stereocenters. The SMILES string of the molecule is C(OCC1CS1)C1CS1. The van der Waals surface area contributed by atoms with Gasteiger partial charge in [0.25, 0.3) is 0 Å². The van der Waals surface area contributed by atoms with Crippen LogP contribution in [0.25, 0.3) is 0 Å². The van der Waals surface area contributed by atoms with Crippen LogP contribution in [0, 0.1) is 0 Å². The van der Waals surface area contributed by atoms with Gasteiger partial charge in [-0.15, -0.1) is 0 Å². The molecule has 0 radical (unpaired) electrons. The maximum atomic E-state index is 5.44. The van der Waals surface area contributed by atoms with Gasteiger partial charge in [0.05, 0.1) is 13.2 Å². The monoisotopic (exact) mass is 162 g/mol. The second-order valence-corrected chi connectivity index (χ2v) is 5.11. The molecule has 1 nitrogen and oxygen atoms in total. The molecule has 3 heteroatoms. The van der Waals surface area contributed by atoms with Crippen LogP contribution in [0.2, 0.25) is 0 Å². The third-order valence-corrected chi connectivity index (χ3v) is 3.29. The van der Waals surface area contributed by atoms with Crippen LogP contribution < -0.4 is 0 Å². The molecule has 0 aliphatic carbocycles. The molecule has 0 aromatic heterocycles. The Morgan fingerprint density at radius 2 is 1.56 bits per heavy atom. The average Bonchev–Trinajstić information content (AvgIpc) is 2.57. The Bertz CT molecular complexity index is 87.2. The van der Waals surface area contributed by atoms with Gasteiger partial charge in [0.2, 0.25) is 0 Å². The van der Waals surface area contributed by atoms with Gasteiger partial charge in [-0.3, -0.25) is 0 Å². The van der Waals surface area contributed by atoms with E-state index in [4.69, 9.17) is 4.74 Å². The van der Waals surface area contributed by atoms with Gasteiger partial charge < -0.3 is 4.74 Å². The Kier molecular flexibility index (Phi) is 1.93. The number of hydrogen-bond acceptors (Lipinski definition) is 3. The van der Waals surface area contributed by atoms with Crippen LogP contribution in [-0.2, 0) is 4.74 Å². The summed E-state index contributed by atoms with van der Waals surface area (Å²) in [6.45, 7) is 2.00. The summed E-state index contributed by atoms with van der Waals surface area (Å²) in [5.74, 6) is 2.66. The van der Waals surface area contributed by atoms with Crippen molar-refractivity contribution in [1.82, 2.24) is 0 Å². The van der Waals surface area contributed by atoms with Gasteiger partial charge in [0, 0.05) is 22.0 Å². The minimum absolute atomic E-state index is 0.855. The molecule has 2 fully saturated rings. The van der Waals surface area contributed by atoms with Crippen LogP contribution >= 0.6 is 23.5 Å². The predicted octanol–water partition coefficient (Wildman–Crippen LogP) is 1.23. The Morgan fingerprint density at radius 1 is 1.11 bits per heavy atom. The average molecular weight is 162 g/mol. The van der Waals surface area contributed by atoms with Gasteiger partial charge in [-0.2, -0.15) is 23.5 Å². The highest BCUT2D eigenvalue weighted by Gasteiger charge is 2.26. The predicted molar refractivity (Wildman–Crippen MR) is 43.3 cm³/mol. The summed E-state index contributed by atoms with van der Waals surface area (Å²) >= 11 is 4.02. The molecule has 0 N–H and O–H groups in total.